The van der Waals surface area contributed by atoms with E-state index in [0.717, 1.165) is 0 Å². The molecule has 1 saturated heterocycles. The topological polar surface area (TPSA) is 85.3 Å². The number of methoxy groups -OCH3 is 1. The average molecular weight is 337 g/mol. The summed E-state index contributed by atoms with van der Waals surface area (Å²) in [7, 11) is 1.56. The Kier molecular flexibility index (Phi) is 6.57. The first kappa shape index (κ1) is 18.2. The summed E-state index contributed by atoms with van der Waals surface area (Å²) in [5.41, 5.74) is -0.786. The zero-order chi connectivity index (χ0) is 17.4. The minimum Gasteiger partial charge on any atom is -0.490 e. The molecule has 0 aromatic heterocycles. The molecule has 24 heavy (non-hydrogen) atoms. The van der Waals surface area contributed by atoms with Crippen LogP contribution in [0.5, 0.6) is 5.75 Å². The summed E-state index contributed by atoms with van der Waals surface area (Å²) in [5.74, 6) is -0.495. The zero-order valence-corrected chi connectivity index (χ0v) is 13.8. The van der Waals surface area contributed by atoms with Crippen LogP contribution in [0, 0.1) is 0 Å². The van der Waals surface area contributed by atoms with E-state index in [9.17, 15) is 9.59 Å². The van der Waals surface area contributed by atoms with Gasteiger partial charge in [-0.25, -0.2) is 0 Å². The summed E-state index contributed by atoms with van der Waals surface area (Å²) in [6, 6.07) is 9.34. The van der Waals surface area contributed by atoms with Gasteiger partial charge in [0.1, 0.15) is 18.0 Å². The Balaban J connectivity index is 2.01. The van der Waals surface area contributed by atoms with Crippen molar-refractivity contribution < 1.29 is 28.9 Å². The smallest absolute Gasteiger partial charge is 0.303 e. The van der Waals surface area contributed by atoms with Gasteiger partial charge in [0.25, 0.3) is 0 Å². The number of carboxylic acids is 1. The van der Waals surface area contributed by atoms with E-state index in [2.05, 4.69) is 0 Å². The molecule has 1 N–H and O–H groups in total. The molecule has 1 aliphatic heterocycles. The number of amides is 1. The van der Waals surface area contributed by atoms with Crippen molar-refractivity contribution in [2.75, 3.05) is 40.0 Å². The van der Waals surface area contributed by atoms with Crippen molar-refractivity contribution >= 4 is 11.9 Å². The van der Waals surface area contributed by atoms with Crippen LogP contribution in [0.1, 0.15) is 12.8 Å². The predicted octanol–water partition coefficient (Wildman–Crippen LogP) is 1.17. The van der Waals surface area contributed by atoms with Gasteiger partial charge < -0.3 is 24.2 Å². The molecule has 0 radical (unpaired) electrons. The van der Waals surface area contributed by atoms with Gasteiger partial charge in [-0.2, -0.15) is 0 Å². The fourth-order valence-electron chi connectivity index (χ4n) is 2.49. The van der Waals surface area contributed by atoms with E-state index in [0.29, 0.717) is 32.1 Å². The molecule has 1 atom stereocenters. The molecule has 0 saturated carbocycles. The van der Waals surface area contributed by atoms with Gasteiger partial charge >= 0.3 is 5.97 Å². The van der Waals surface area contributed by atoms with Gasteiger partial charge in [0.2, 0.25) is 5.91 Å². The number of hydrogen-bond acceptors (Lipinski definition) is 5. The van der Waals surface area contributed by atoms with Gasteiger partial charge in [-0.3, -0.25) is 9.59 Å². The highest BCUT2D eigenvalue weighted by molar-refractivity contribution is 5.80. The van der Waals surface area contributed by atoms with Gasteiger partial charge in [-0.15, -0.1) is 0 Å². The third-order valence-corrected chi connectivity index (χ3v) is 3.93. The minimum absolute atomic E-state index is 0.0331. The molecule has 1 heterocycles. The van der Waals surface area contributed by atoms with Crippen molar-refractivity contribution in [3.8, 4) is 5.75 Å². The van der Waals surface area contributed by atoms with Crippen LogP contribution in [-0.2, 0) is 19.1 Å². The highest BCUT2D eigenvalue weighted by atomic mass is 16.6. The van der Waals surface area contributed by atoms with Crippen LogP contribution >= 0.6 is 0 Å². The summed E-state index contributed by atoms with van der Waals surface area (Å²) in [6.07, 6.45) is -0.217. The van der Waals surface area contributed by atoms with Gasteiger partial charge in [-0.1, -0.05) is 18.2 Å². The normalized spacial score (nSPS) is 21.1. The largest absolute Gasteiger partial charge is 0.490 e. The number of aliphatic carboxylic acids is 1. The summed E-state index contributed by atoms with van der Waals surface area (Å²) in [5, 5.41) is 8.74. The molecule has 0 spiro atoms. The Morgan fingerprint density at radius 2 is 2.04 bits per heavy atom. The van der Waals surface area contributed by atoms with E-state index in [1.165, 1.54) is 0 Å². The third kappa shape index (κ3) is 5.21. The number of nitrogens with zero attached hydrogens (tertiary/aromatic N) is 1. The third-order valence-electron chi connectivity index (χ3n) is 3.93. The molecule has 0 bridgehead atoms. The first-order valence-corrected chi connectivity index (χ1v) is 7.85. The first-order valence-electron chi connectivity index (χ1n) is 7.85. The Labute approximate surface area is 141 Å². The molecule has 0 aliphatic carbocycles. The SMILES string of the molecule is CO[C@]1(COc2ccccc2)COCCN(C(=O)CCC(=O)O)C1. The number of carboxylic acid groups (broad SMARTS) is 1. The molecule has 1 aliphatic rings. The predicted molar refractivity (Wildman–Crippen MR) is 85.9 cm³/mol. The average Bonchev–Trinajstić information content (AvgIpc) is 2.82. The van der Waals surface area contributed by atoms with Gasteiger partial charge in [0.05, 0.1) is 26.2 Å². The molecule has 132 valence electrons. The molecule has 1 fully saturated rings. The molecule has 1 amide bonds. The maximum absolute atomic E-state index is 12.2. The summed E-state index contributed by atoms with van der Waals surface area (Å²) >= 11 is 0. The van der Waals surface area contributed by atoms with Crippen LogP contribution in [0.3, 0.4) is 0 Å². The molecule has 1 aromatic carbocycles. The second-order valence-electron chi connectivity index (χ2n) is 5.75. The van der Waals surface area contributed by atoms with Crippen molar-refractivity contribution in [2.24, 2.45) is 0 Å². The lowest BCUT2D eigenvalue weighted by atomic mass is 10.1. The van der Waals surface area contributed by atoms with Gasteiger partial charge in [0.15, 0.2) is 0 Å². The standard InChI is InChI=1S/C17H23NO6/c1-22-17(13-24-14-5-3-2-4-6-14)11-18(9-10-23-12-17)15(19)7-8-16(20)21/h2-6H,7-13H2,1H3,(H,20,21)/t17-/m0/s1. The molecule has 2 rings (SSSR count). The second kappa shape index (κ2) is 8.65. The van der Waals surface area contributed by atoms with Gasteiger partial charge in [-0.05, 0) is 12.1 Å². The van der Waals surface area contributed by atoms with Crippen molar-refractivity contribution in [3.63, 3.8) is 0 Å². The van der Waals surface area contributed by atoms with Crippen molar-refractivity contribution in [3.05, 3.63) is 30.3 Å². The maximum atomic E-state index is 12.2. The van der Waals surface area contributed by atoms with Crippen LogP contribution in [0.25, 0.3) is 0 Å². The van der Waals surface area contributed by atoms with Crippen LogP contribution in [0.4, 0.5) is 0 Å². The van der Waals surface area contributed by atoms with Crippen LogP contribution in [-0.4, -0.2) is 67.5 Å². The summed E-state index contributed by atoms with van der Waals surface area (Å²) in [4.78, 5) is 24.5. The van der Waals surface area contributed by atoms with Crippen LogP contribution in [0.2, 0.25) is 0 Å². The maximum Gasteiger partial charge on any atom is 0.303 e. The number of benzene rings is 1. The van der Waals surface area contributed by atoms with E-state index in [1.54, 1.807) is 12.0 Å². The van der Waals surface area contributed by atoms with Crippen molar-refractivity contribution in [1.82, 2.24) is 4.90 Å². The highest BCUT2D eigenvalue weighted by Gasteiger charge is 2.37. The number of carbonyl (C=O) groups is 2. The van der Waals surface area contributed by atoms with E-state index < -0.39 is 11.6 Å². The van der Waals surface area contributed by atoms with E-state index in [-0.39, 0.29) is 25.4 Å². The number of rotatable bonds is 7. The Hall–Kier alpha value is -2.12. The summed E-state index contributed by atoms with van der Waals surface area (Å²) in [6.45, 7) is 1.63. The molecule has 7 heteroatoms. The summed E-state index contributed by atoms with van der Waals surface area (Å²) < 4.78 is 17.0. The number of ether oxygens (including phenoxy) is 3. The van der Waals surface area contributed by atoms with Crippen LogP contribution < -0.4 is 4.74 Å². The molecule has 1 aromatic rings. The monoisotopic (exact) mass is 337 g/mol. The molecular weight excluding hydrogens is 314 g/mol. The van der Waals surface area contributed by atoms with E-state index in [4.69, 9.17) is 19.3 Å². The minimum atomic E-state index is -0.986. The lowest BCUT2D eigenvalue weighted by molar-refractivity contribution is -0.142. The lowest BCUT2D eigenvalue weighted by Gasteiger charge is -2.34. The van der Waals surface area contributed by atoms with E-state index >= 15 is 0 Å². The molecule has 7 nitrogen and oxygen atoms in total. The van der Waals surface area contributed by atoms with E-state index in [1.807, 2.05) is 30.3 Å². The quantitative estimate of drug-likeness (QED) is 0.804. The van der Waals surface area contributed by atoms with Gasteiger partial charge in [0, 0.05) is 20.1 Å². The van der Waals surface area contributed by atoms with Crippen molar-refractivity contribution in [2.45, 2.75) is 18.4 Å². The Morgan fingerprint density at radius 1 is 1.29 bits per heavy atom. The lowest BCUT2D eigenvalue weighted by Crippen LogP contribution is -2.51. The first-order chi connectivity index (χ1) is 11.5. The number of carbonyl (C=O) groups excluding carboxylic acids is 1. The highest BCUT2D eigenvalue weighted by Crippen LogP contribution is 2.20. The molecule has 0 unspecified atom stereocenters. The second-order valence-corrected chi connectivity index (χ2v) is 5.75. The van der Waals surface area contributed by atoms with Crippen molar-refractivity contribution in [1.29, 1.82) is 0 Å². The zero-order valence-electron chi connectivity index (χ0n) is 13.8. The fraction of sp³-hybridized carbons (Fsp3) is 0.529. The Bertz CT molecular complexity index is 549. The number of hydrogen-bond donors (Lipinski definition) is 1. The number of para-hydroxylation sites is 1. The Morgan fingerprint density at radius 3 is 2.71 bits per heavy atom. The fourth-order valence-corrected chi connectivity index (χ4v) is 2.49. The van der Waals surface area contributed by atoms with Crippen LogP contribution in [0.15, 0.2) is 30.3 Å². The molecular formula is C17H23NO6.